The number of rotatable bonds is 2. The number of hydrogen-bond donors (Lipinski definition) is 9. The zero-order valence-corrected chi connectivity index (χ0v) is 22.2. The van der Waals surface area contributed by atoms with E-state index in [2.05, 4.69) is 0 Å². The first-order valence-corrected chi connectivity index (χ1v) is 12.1. The summed E-state index contributed by atoms with van der Waals surface area (Å²) in [7, 11) is 0. The first-order valence-electron chi connectivity index (χ1n) is 12.1. The number of ether oxygens (including phenoxy) is 1. The highest BCUT2D eigenvalue weighted by Gasteiger charge is 2.50. The van der Waals surface area contributed by atoms with Crippen molar-refractivity contribution < 1.29 is 72.3 Å². The third kappa shape index (κ3) is 4.51. The molecule has 0 aliphatic carbocycles. The molecule has 6 rings (SSSR count). The third-order valence-electron chi connectivity index (χ3n) is 6.69. The van der Waals surface area contributed by atoms with E-state index >= 15 is 0 Å². The smallest absolute Gasteiger partial charge is 0.463 e. The SMILES string of the molecule is OC1=C(c2ccc(O)c(O)c2)Oc2cc(O)cc(O)c2/C1=C1\C(=[OH+])C(c2ccc(O)c(O)c2)=[O+]c2cc(O)cc(O)c21.[Cl-]. The van der Waals surface area contributed by atoms with Gasteiger partial charge in [-0.05, 0) is 30.3 Å². The van der Waals surface area contributed by atoms with Gasteiger partial charge in [0.1, 0.15) is 39.9 Å². The van der Waals surface area contributed by atoms with Crippen LogP contribution in [0.3, 0.4) is 0 Å². The molecule has 2 heterocycles. The van der Waals surface area contributed by atoms with E-state index < -0.39 is 57.5 Å². The fraction of sp³-hybridized carbons (Fsp3) is 0. The Labute approximate surface area is 246 Å². The van der Waals surface area contributed by atoms with Crippen LogP contribution in [-0.4, -0.2) is 62.3 Å². The lowest BCUT2D eigenvalue weighted by atomic mass is 9.83. The number of carbonyl (C=O) groups excluding carboxylic acids is 2. The average molecular weight is 608 g/mol. The Morgan fingerprint density at radius 2 is 1.12 bits per heavy atom. The number of aliphatic hydroxyl groups excluding tert-OH is 1. The van der Waals surface area contributed by atoms with Crippen molar-refractivity contribution in [3.05, 3.63) is 88.7 Å². The van der Waals surface area contributed by atoms with Crippen molar-refractivity contribution >= 4 is 28.5 Å². The molecule has 43 heavy (non-hydrogen) atoms. The molecule has 0 atom stereocenters. The molecule has 0 radical (unpaired) electrons. The van der Waals surface area contributed by atoms with E-state index in [0.29, 0.717) is 0 Å². The maximum atomic E-state index is 11.7. The van der Waals surface area contributed by atoms with Crippen molar-refractivity contribution in [3.63, 3.8) is 0 Å². The summed E-state index contributed by atoms with van der Waals surface area (Å²) in [6.45, 7) is 0. The summed E-state index contributed by atoms with van der Waals surface area (Å²) in [5.74, 6) is -6.64. The molecule has 0 fully saturated rings. The predicted molar refractivity (Wildman–Crippen MR) is 147 cm³/mol. The van der Waals surface area contributed by atoms with Gasteiger partial charge in [0.2, 0.25) is 0 Å². The first-order chi connectivity index (χ1) is 19.9. The second kappa shape index (κ2) is 10.1. The Kier molecular flexibility index (Phi) is 6.71. The summed E-state index contributed by atoms with van der Waals surface area (Å²) in [6, 6.07) is 11.1. The monoisotopic (exact) mass is 607 g/mol. The normalized spacial score (nSPS) is 15.6. The number of phenols is 8. The molecule has 12 nitrogen and oxygen atoms in total. The van der Waals surface area contributed by atoms with Gasteiger partial charge in [0.25, 0.3) is 0 Å². The first kappa shape index (κ1) is 28.5. The van der Waals surface area contributed by atoms with E-state index in [1.807, 2.05) is 0 Å². The number of phenolic OH excluding ortho intramolecular Hbond substituents is 8. The topological polar surface area (TPSA) is 224 Å². The van der Waals surface area contributed by atoms with Gasteiger partial charge >= 0.3 is 17.3 Å². The number of aromatic hydroxyl groups is 8. The standard InChI is InChI=1S/C30H18O12.ClH/c31-13-7-19(37)23-21(9-13)41-29(11-1-3-15(33)17(35)5-11)27(39)25(23)26-24-20(38)8-14(32)10-22(24)42-30(28(26)40)12-2-4-16(34)18(36)6-12;/h1-10H,(H8-,31,32,33,34,35,36,37,38,39,40);1H/p+1. The molecule has 2 aliphatic rings. The van der Waals surface area contributed by atoms with Crippen molar-refractivity contribution in [2.75, 3.05) is 0 Å². The summed E-state index contributed by atoms with van der Waals surface area (Å²) in [5, 5.41) is 93.6. The average Bonchev–Trinajstić information content (AvgIpc) is 2.92. The Morgan fingerprint density at radius 3 is 1.74 bits per heavy atom. The molecule has 0 spiro atoms. The van der Waals surface area contributed by atoms with Crippen molar-refractivity contribution in [3.8, 4) is 57.5 Å². The highest BCUT2D eigenvalue weighted by Crippen LogP contribution is 2.53. The molecule has 13 heteroatoms. The summed E-state index contributed by atoms with van der Waals surface area (Å²) >= 11 is 0. The molecule has 0 bridgehead atoms. The fourth-order valence-electron chi connectivity index (χ4n) is 4.82. The van der Waals surface area contributed by atoms with E-state index in [9.17, 15) is 50.8 Å². The van der Waals surface area contributed by atoms with Crippen molar-refractivity contribution in [1.82, 2.24) is 0 Å². The highest BCUT2D eigenvalue weighted by atomic mass is 35.5. The quantitative estimate of drug-likeness (QED) is 0.0686. The number of benzene rings is 4. The molecule has 10 N–H and O–H groups in total. The van der Waals surface area contributed by atoms with E-state index in [-0.39, 0.29) is 68.8 Å². The number of allylic oxidation sites excluding steroid dienone is 2. The molecule has 0 amide bonds. The molecule has 218 valence electrons. The van der Waals surface area contributed by atoms with Gasteiger partial charge in [0, 0.05) is 29.8 Å². The van der Waals surface area contributed by atoms with Crippen LogP contribution in [0.15, 0.2) is 66.4 Å². The second-order valence-electron chi connectivity index (χ2n) is 9.39. The van der Waals surface area contributed by atoms with Crippen LogP contribution in [0.4, 0.5) is 0 Å². The van der Waals surface area contributed by atoms with Gasteiger partial charge in [-0.2, -0.15) is 4.42 Å². The van der Waals surface area contributed by atoms with E-state index in [4.69, 9.17) is 9.16 Å². The van der Waals surface area contributed by atoms with Crippen LogP contribution < -0.4 is 17.1 Å². The lowest BCUT2D eigenvalue weighted by Gasteiger charge is -2.25. The Morgan fingerprint density at radius 1 is 0.558 bits per heavy atom. The van der Waals surface area contributed by atoms with Gasteiger partial charge in [-0.15, -0.1) is 0 Å². The number of ketones is 2. The Hall–Kier alpha value is -6.01. The molecule has 2 aliphatic heterocycles. The number of halogens is 1. The van der Waals surface area contributed by atoms with Crippen LogP contribution in [0.1, 0.15) is 26.7 Å². The summed E-state index contributed by atoms with van der Waals surface area (Å²) < 4.78 is 11.6. The zero-order valence-electron chi connectivity index (χ0n) is 21.4. The van der Waals surface area contributed by atoms with Crippen LogP contribution in [0, 0.1) is 0 Å². The van der Waals surface area contributed by atoms with Crippen molar-refractivity contribution in [2.45, 2.75) is 0 Å². The largest absolute Gasteiger partial charge is 1.00 e. The highest BCUT2D eigenvalue weighted by molar-refractivity contribution is 6.62. The Bertz CT molecular complexity index is 1970. The van der Waals surface area contributed by atoms with Gasteiger partial charge in [-0.1, -0.05) is 0 Å². The molecular formula is C30H20ClO12+. The van der Waals surface area contributed by atoms with Crippen LogP contribution >= 0.6 is 0 Å². The summed E-state index contributed by atoms with van der Waals surface area (Å²) in [5.41, 5.74) is -1.06. The molecule has 0 saturated carbocycles. The van der Waals surface area contributed by atoms with Gasteiger partial charge in [0.15, 0.2) is 34.5 Å². The van der Waals surface area contributed by atoms with Gasteiger partial charge in [-0.25, -0.2) is 0 Å². The number of aliphatic hydroxyl groups is 1. The van der Waals surface area contributed by atoms with E-state index in [0.717, 1.165) is 48.5 Å². The van der Waals surface area contributed by atoms with Gasteiger partial charge < -0.3 is 63.1 Å². The number of fused-ring (bicyclic) bond motifs is 2. The molecule has 4 aromatic rings. The molecule has 0 unspecified atom stereocenters. The van der Waals surface area contributed by atoms with Crippen molar-refractivity contribution in [2.24, 2.45) is 0 Å². The van der Waals surface area contributed by atoms with Crippen LogP contribution in [0.5, 0.6) is 57.5 Å². The van der Waals surface area contributed by atoms with Crippen LogP contribution in [0.25, 0.3) is 16.9 Å². The maximum absolute atomic E-state index is 11.7. The molecular weight excluding hydrogens is 588 g/mol. The molecule has 0 saturated heterocycles. The lowest BCUT2D eigenvalue weighted by Crippen LogP contribution is -3.00. The van der Waals surface area contributed by atoms with Gasteiger partial charge in [0.05, 0.1) is 22.8 Å². The zero-order chi connectivity index (χ0) is 30.0. The van der Waals surface area contributed by atoms with Crippen molar-refractivity contribution in [1.29, 1.82) is 0 Å². The van der Waals surface area contributed by atoms with Crippen LogP contribution in [0.2, 0.25) is 0 Å². The minimum Gasteiger partial charge on any atom is -1.00 e. The van der Waals surface area contributed by atoms with Crippen LogP contribution in [-0.2, 0) is 0 Å². The minimum atomic E-state index is -0.719. The fourth-order valence-corrected chi connectivity index (χ4v) is 4.82. The summed E-state index contributed by atoms with van der Waals surface area (Å²) in [6.07, 6.45) is 0. The molecule has 4 aromatic carbocycles. The maximum Gasteiger partial charge on any atom is 0.463 e. The summed E-state index contributed by atoms with van der Waals surface area (Å²) in [4.78, 5) is 11.7. The molecule has 0 aromatic heterocycles. The third-order valence-corrected chi connectivity index (χ3v) is 6.69. The van der Waals surface area contributed by atoms with E-state index in [1.165, 1.54) is 12.1 Å². The van der Waals surface area contributed by atoms with E-state index in [1.54, 1.807) is 0 Å². The second-order valence-corrected chi connectivity index (χ2v) is 9.39. The Balaban J connectivity index is 0.00000368. The minimum absolute atomic E-state index is 0. The predicted octanol–water partition coefficient (Wildman–Crippen LogP) is 1.26. The van der Waals surface area contributed by atoms with Gasteiger partial charge in [-0.3, -0.25) is 4.79 Å². The number of hydrogen-bond acceptors (Lipinski definition) is 10. The lowest BCUT2D eigenvalue weighted by molar-refractivity contribution is -0.165.